The predicted molar refractivity (Wildman–Crippen MR) is 74.1 cm³/mol. The molecule has 9 heteroatoms. The van der Waals surface area contributed by atoms with E-state index in [2.05, 4.69) is 5.32 Å². The van der Waals surface area contributed by atoms with Crippen LogP contribution in [-0.2, 0) is 4.79 Å². The van der Waals surface area contributed by atoms with E-state index in [1.54, 1.807) is 0 Å². The van der Waals surface area contributed by atoms with Crippen LogP contribution in [0, 0.1) is 11.6 Å². The van der Waals surface area contributed by atoms with Gasteiger partial charge in [0.05, 0.1) is 5.56 Å². The zero-order chi connectivity index (χ0) is 18.1. The number of nitrogens with one attached hydrogen (secondary N) is 1. The van der Waals surface area contributed by atoms with Crippen LogP contribution in [0.2, 0.25) is 0 Å². The molecule has 0 bridgehead atoms. The van der Waals surface area contributed by atoms with Crippen LogP contribution in [0.4, 0.5) is 22.0 Å². The number of hydrogen-bond donors (Lipinski definition) is 1. The molecule has 0 spiro atoms. The predicted octanol–water partition coefficient (Wildman–Crippen LogP) is 2.64. The number of amides is 2. The van der Waals surface area contributed by atoms with Crippen LogP contribution < -0.4 is 5.32 Å². The minimum atomic E-state index is -4.71. The molecule has 1 saturated heterocycles. The number of hydrogen-bond acceptors (Lipinski definition) is 2. The fourth-order valence-corrected chi connectivity index (χ4v) is 2.76. The Kier molecular flexibility index (Phi) is 5.10. The highest BCUT2D eigenvalue weighted by atomic mass is 19.4. The molecular formula is C15H15F5N2O2. The molecule has 1 heterocycles. The monoisotopic (exact) mass is 350 g/mol. The number of carbonyl (C=O) groups is 2. The Hall–Kier alpha value is -2.19. The number of alkyl halides is 3. The molecule has 2 unspecified atom stereocenters. The van der Waals surface area contributed by atoms with Crippen LogP contribution >= 0.6 is 0 Å². The molecular weight excluding hydrogens is 335 g/mol. The van der Waals surface area contributed by atoms with Gasteiger partial charge in [-0.15, -0.1) is 0 Å². The van der Waals surface area contributed by atoms with Gasteiger partial charge in [0.15, 0.2) is 0 Å². The highest BCUT2D eigenvalue weighted by Crippen LogP contribution is 2.33. The number of carbonyl (C=O) groups excluding carboxylic acids is 2. The van der Waals surface area contributed by atoms with Crippen molar-refractivity contribution < 1.29 is 31.5 Å². The van der Waals surface area contributed by atoms with E-state index in [-0.39, 0.29) is 6.42 Å². The highest BCUT2D eigenvalue weighted by molar-refractivity contribution is 5.95. The molecule has 1 aromatic carbocycles. The highest BCUT2D eigenvalue weighted by Gasteiger charge is 2.48. The first-order valence-electron chi connectivity index (χ1n) is 7.19. The van der Waals surface area contributed by atoms with E-state index in [9.17, 15) is 31.5 Å². The lowest BCUT2D eigenvalue weighted by Gasteiger charge is -2.40. The summed E-state index contributed by atoms with van der Waals surface area (Å²) in [5, 5.41) is 2.45. The third-order valence-electron chi connectivity index (χ3n) is 3.79. The van der Waals surface area contributed by atoms with E-state index in [1.807, 2.05) is 0 Å². The lowest BCUT2D eigenvalue weighted by Crippen LogP contribution is -2.58. The minimum absolute atomic E-state index is 0.0270. The van der Waals surface area contributed by atoms with Gasteiger partial charge in [0.2, 0.25) is 5.91 Å². The molecule has 0 aromatic heterocycles. The van der Waals surface area contributed by atoms with Gasteiger partial charge in [0.25, 0.3) is 5.91 Å². The van der Waals surface area contributed by atoms with E-state index in [0.29, 0.717) is 17.0 Å². The summed E-state index contributed by atoms with van der Waals surface area (Å²) >= 11 is 0. The molecule has 4 nitrogen and oxygen atoms in total. The average Bonchev–Trinajstić information content (AvgIpc) is 2.47. The van der Waals surface area contributed by atoms with Gasteiger partial charge in [-0.1, -0.05) is 0 Å². The molecule has 2 amide bonds. The first-order chi connectivity index (χ1) is 11.1. The number of likely N-dealkylation sites (tertiary alicyclic amines) is 1. The molecule has 1 aromatic rings. The first kappa shape index (κ1) is 18.2. The van der Waals surface area contributed by atoms with Gasteiger partial charge in [-0.25, -0.2) is 8.78 Å². The number of rotatable bonds is 2. The van der Waals surface area contributed by atoms with Crippen LogP contribution in [0.15, 0.2) is 18.2 Å². The fourth-order valence-electron chi connectivity index (χ4n) is 2.76. The second-order valence-electron chi connectivity index (χ2n) is 5.61. The normalized spacial score (nSPS) is 21.5. The van der Waals surface area contributed by atoms with E-state index in [4.69, 9.17) is 0 Å². The number of nitrogens with zero attached hydrogens (tertiary/aromatic N) is 1. The van der Waals surface area contributed by atoms with Crippen molar-refractivity contribution in [3.8, 4) is 0 Å². The molecule has 2 rings (SSSR count). The van der Waals surface area contributed by atoms with Crippen molar-refractivity contribution >= 4 is 11.8 Å². The van der Waals surface area contributed by atoms with Gasteiger partial charge in [-0.3, -0.25) is 9.59 Å². The Morgan fingerprint density at radius 2 is 1.88 bits per heavy atom. The van der Waals surface area contributed by atoms with E-state index < -0.39 is 60.2 Å². The second-order valence-corrected chi connectivity index (χ2v) is 5.61. The largest absolute Gasteiger partial charge is 0.408 e. The number of piperidine rings is 1. The Balaban J connectivity index is 2.33. The first-order valence-corrected chi connectivity index (χ1v) is 7.19. The summed E-state index contributed by atoms with van der Waals surface area (Å²) in [6.45, 7) is 0.771. The van der Waals surface area contributed by atoms with Crippen LogP contribution in [-0.4, -0.2) is 41.5 Å². The topological polar surface area (TPSA) is 49.4 Å². The van der Waals surface area contributed by atoms with Gasteiger partial charge in [-0.2, -0.15) is 13.2 Å². The van der Waals surface area contributed by atoms with Gasteiger partial charge >= 0.3 is 6.18 Å². The van der Waals surface area contributed by atoms with E-state index in [1.165, 1.54) is 6.92 Å². The van der Waals surface area contributed by atoms with E-state index >= 15 is 0 Å². The molecule has 1 N–H and O–H groups in total. The zero-order valence-corrected chi connectivity index (χ0v) is 12.7. The Labute approximate surface area is 134 Å². The fraction of sp³-hybridized carbons (Fsp3) is 0.467. The maximum atomic E-state index is 13.7. The third kappa shape index (κ3) is 4.01. The average molecular weight is 350 g/mol. The van der Waals surface area contributed by atoms with Gasteiger partial charge in [0, 0.05) is 19.5 Å². The summed E-state index contributed by atoms with van der Waals surface area (Å²) in [4.78, 5) is 23.9. The van der Waals surface area contributed by atoms with Crippen molar-refractivity contribution in [1.82, 2.24) is 10.2 Å². The Morgan fingerprint density at radius 1 is 1.21 bits per heavy atom. The molecule has 1 aliphatic rings. The van der Waals surface area contributed by atoms with Crippen molar-refractivity contribution in [3.63, 3.8) is 0 Å². The second kappa shape index (κ2) is 6.74. The molecule has 0 radical (unpaired) electrons. The van der Waals surface area contributed by atoms with Crippen molar-refractivity contribution in [2.45, 2.75) is 38.0 Å². The number of benzene rings is 1. The smallest absolute Gasteiger partial charge is 0.352 e. The van der Waals surface area contributed by atoms with Crippen LogP contribution in [0.3, 0.4) is 0 Å². The standard InChI is InChI=1S/C15H15F5N2O2/c1-8(23)21-10-3-5-13(15(18,19)20)22(7-10)14(24)11-6-9(16)2-4-12(11)17/h2,4,6,10,13H,3,5,7H2,1H3,(H,21,23). The lowest BCUT2D eigenvalue weighted by molar-refractivity contribution is -0.184. The maximum absolute atomic E-state index is 13.7. The molecule has 2 atom stereocenters. The van der Waals surface area contributed by atoms with Crippen LogP contribution in [0.5, 0.6) is 0 Å². The van der Waals surface area contributed by atoms with Gasteiger partial charge in [-0.05, 0) is 31.0 Å². The van der Waals surface area contributed by atoms with Crippen molar-refractivity contribution in [1.29, 1.82) is 0 Å². The summed E-state index contributed by atoms with van der Waals surface area (Å²) in [6.07, 6.45) is -5.11. The van der Waals surface area contributed by atoms with Gasteiger partial charge < -0.3 is 10.2 Å². The van der Waals surface area contributed by atoms with Gasteiger partial charge in [0.1, 0.15) is 17.7 Å². The SMILES string of the molecule is CC(=O)NC1CCC(C(F)(F)F)N(C(=O)c2cc(F)ccc2F)C1. The summed E-state index contributed by atoms with van der Waals surface area (Å²) in [5.74, 6) is -3.75. The lowest BCUT2D eigenvalue weighted by atomic mass is 9.96. The quantitative estimate of drug-likeness (QED) is 0.834. The molecule has 132 valence electrons. The summed E-state index contributed by atoms with van der Waals surface area (Å²) in [5.41, 5.74) is -0.771. The molecule has 0 saturated carbocycles. The summed E-state index contributed by atoms with van der Waals surface area (Å²) in [6, 6.07) is -0.781. The molecule has 1 fully saturated rings. The maximum Gasteiger partial charge on any atom is 0.408 e. The van der Waals surface area contributed by atoms with Crippen molar-refractivity contribution in [2.75, 3.05) is 6.54 Å². The molecule has 24 heavy (non-hydrogen) atoms. The Bertz CT molecular complexity index is 647. The van der Waals surface area contributed by atoms with Crippen molar-refractivity contribution in [2.24, 2.45) is 0 Å². The summed E-state index contributed by atoms with van der Waals surface area (Å²) < 4.78 is 66.5. The molecule has 1 aliphatic heterocycles. The zero-order valence-electron chi connectivity index (χ0n) is 12.7. The third-order valence-corrected chi connectivity index (χ3v) is 3.79. The number of halogens is 5. The van der Waals surface area contributed by atoms with Crippen LogP contribution in [0.25, 0.3) is 0 Å². The Morgan fingerprint density at radius 3 is 2.46 bits per heavy atom. The minimum Gasteiger partial charge on any atom is -0.352 e. The molecule has 0 aliphatic carbocycles. The summed E-state index contributed by atoms with van der Waals surface area (Å²) in [7, 11) is 0. The van der Waals surface area contributed by atoms with Crippen molar-refractivity contribution in [3.05, 3.63) is 35.4 Å². The van der Waals surface area contributed by atoms with E-state index in [0.717, 1.165) is 6.07 Å². The van der Waals surface area contributed by atoms with Crippen LogP contribution in [0.1, 0.15) is 30.1 Å².